The predicted octanol–water partition coefficient (Wildman–Crippen LogP) is 2.33. The molecule has 0 amide bonds. The molecule has 0 spiro atoms. The molecule has 2 aliphatic rings. The van der Waals surface area contributed by atoms with E-state index in [0.717, 1.165) is 12.8 Å². The second kappa shape index (κ2) is 5.40. The zero-order valence-corrected chi connectivity index (χ0v) is 13.7. The van der Waals surface area contributed by atoms with Crippen molar-refractivity contribution in [3.8, 4) is 0 Å². The molecule has 4 nitrogen and oxygen atoms in total. The SMILES string of the molecule is CC1CC(C)CN(S(=O)(=O)N2CCc3sccc3C2)C1. The fraction of sp³-hybridized carbons (Fsp3) is 0.714. The Hall–Kier alpha value is -0.430. The standard InChI is InChI=1S/C14H22N2O2S2/c1-11-7-12(2)9-16(8-11)20(17,18)15-5-3-14-13(10-15)4-6-19-14/h4,6,11-12H,3,5,7-10H2,1-2H3. The molecule has 20 heavy (non-hydrogen) atoms. The minimum absolute atomic E-state index is 0.454. The lowest BCUT2D eigenvalue weighted by Gasteiger charge is -2.38. The first-order chi connectivity index (χ1) is 9.46. The summed E-state index contributed by atoms with van der Waals surface area (Å²) < 4.78 is 29.0. The summed E-state index contributed by atoms with van der Waals surface area (Å²) in [5, 5.41) is 2.06. The minimum Gasteiger partial charge on any atom is -0.195 e. The van der Waals surface area contributed by atoms with Crippen molar-refractivity contribution in [3.63, 3.8) is 0 Å². The molecule has 2 atom stereocenters. The van der Waals surface area contributed by atoms with E-state index in [2.05, 4.69) is 25.3 Å². The number of piperidine rings is 1. The van der Waals surface area contributed by atoms with E-state index in [0.29, 0.717) is 38.0 Å². The molecule has 0 N–H and O–H groups in total. The lowest BCUT2D eigenvalue weighted by molar-refractivity contribution is 0.206. The van der Waals surface area contributed by atoms with Gasteiger partial charge in [0.2, 0.25) is 0 Å². The van der Waals surface area contributed by atoms with Crippen molar-refractivity contribution < 1.29 is 8.42 Å². The third-order valence-corrected chi connectivity index (χ3v) is 7.20. The van der Waals surface area contributed by atoms with E-state index in [4.69, 9.17) is 0 Å². The Morgan fingerprint density at radius 3 is 2.60 bits per heavy atom. The maximum atomic E-state index is 12.8. The highest BCUT2D eigenvalue weighted by Crippen LogP contribution is 2.29. The van der Waals surface area contributed by atoms with Gasteiger partial charge in [-0.05, 0) is 41.7 Å². The summed E-state index contributed by atoms with van der Waals surface area (Å²) >= 11 is 1.74. The Balaban J connectivity index is 1.79. The number of hydrogen-bond donors (Lipinski definition) is 0. The molecule has 1 fully saturated rings. The zero-order chi connectivity index (χ0) is 14.3. The van der Waals surface area contributed by atoms with Crippen LogP contribution in [0.4, 0.5) is 0 Å². The second-order valence-corrected chi connectivity index (χ2v) is 9.15. The van der Waals surface area contributed by atoms with Crippen molar-refractivity contribution in [2.24, 2.45) is 11.8 Å². The summed E-state index contributed by atoms with van der Waals surface area (Å²) in [4.78, 5) is 1.34. The Kier molecular flexibility index (Phi) is 3.92. The Morgan fingerprint density at radius 2 is 1.90 bits per heavy atom. The maximum Gasteiger partial charge on any atom is 0.282 e. The van der Waals surface area contributed by atoms with Crippen molar-refractivity contribution in [2.45, 2.75) is 33.2 Å². The lowest BCUT2D eigenvalue weighted by Crippen LogP contribution is -2.50. The fourth-order valence-corrected chi connectivity index (χ4v) is 6.10. The Bertz CT molecular complexity index is 572. The molecule has 112 valence electrons. The van der Waals surface area contributed by atoms with E-state index in [-0.39, 0.29) is 0 Å². The number of hydrogen-bond acceptors (Lipinski definition) is 3. The quantitative estimate of drug-likeness (QED) is 0.840. The van der Waals surface area contributed by atoms with Gasteiger partial charge in [0, 0.05) is 31.1 Å². The summed E-state index contributed by atoms with van der Waals surface area (Å²) in [6.45, 7) is 6.78. The Labute approximate surface area is 125 Å². The molecule has 0 aliphatic carbocycles. The molecule has 3 rings (SSSR count). The molecule has 1 aromatic rings. The number of rotatable bonds is 2. The second-order valence-electron chi connectivity index (χ2n) is 6.22. The largest absolute Gasteiger partial charge is 0.282 e. The van der Waals surface area contributed by atoms with E-state index in [1.807, 2.05) is 0 Å². The van der Waals surface area contributed by atoms with E-state index in [9.17, 15) is 8.42 Å². The van der Waals surface area contributed by atoms with Gasteiger partial charge >= 0.3 is 0 Å². The topological polar surface area (TPSA) is 40.6 Å². The first kappa shape index (κ1) is 14.5. The normalized spacial score (nSPS) is 29.3. The third-order valence-electron chi connectivity index (χ3n) is 4.26. The average molecular weight is 314 g/mol. The number of nitrogens with zero attached hydrogens (tertiary/aromatic N) is 2. The first-order valence-corrected chi connectivity index (χ1v) is 9.55. The van der Waals surface area contributed by atoms with Crippen LogP contribution in [0.25, 0.3) is 0 Å². The first-order valence-electron chi connectivity index (χ1n) is 7.27. The van der Waals surface area contributed by atoms with Crippen molar-refractivity contribution in [1.29, 1.82) is 0 Å². The van der Waals surface area contributed by atoms with Crippen molar-refractivity contribution in [3.05, 3.63) is 21.9 Å². The smallest absolute Gasteiger partial charge is 0.195 e. The lowest BCUT2D eigenvalue weighted by atomic mass is 9.94. The van der Waals surface area contributed by atoms with E-state index >= 15 is 0 Å². The molecule has 0 bridgehead atoms. The van der Waals surface area contributed by atoms with Crippen LogP contribution >= 0.6 is 11.3 Å². The van der Waals surface area contributed by atoms with Gasteiger partial charge in [0.1, 0.15) is 0 Å². The van der Waals surface area contributed by atoms with Gasteiger partial charge in [0.15, 0.2) is 0 Å². The van der Waals surface area contributed by atoms with Crippen LogP contribution in [0.3, 0.4) is 0 Å². The van der Waals surface area contributed by atoms with Gasteiger partial charge in [-0.1, -0.05) is 13.8 Å². The van der Waals surface area contributed by atoms with Crippen LogP contribution in [0.2, 0.25) is 0 Å². The van der Waals surface area contributed by atoms with Crippen LogP contribution < -0.4 is 0 Å². The summed E-state index contributed by atoms with van der Waals surface area (Å²) in [6.07, 6.45) is 1.98. The molecule has 0 saturated carbocycles. The Morgan fingerprint density at radius 1 is 1.20 bits per heavy atom. The van der Waals surface area contributed by atoms with Crippen molar-refractivity contribution >= 4 is 21.5 Å². The van der Waals surface area contributed by atoms with Gasteiger partial charge in [-0.2, -0.15) is 17.0 Å². The van der Waals surface area contributed by atoms with Crippen LogP contribution in [0, 0.1) is 11.8 Å². The number of fused-ring (bicyclic) bond motifs is 1. The molecular weight excluding hydrogens is 292 g/mol. The van der Waals surface area contributed by atoms with Crippen LogP contribution in [-0.2, 0) is 23.2 Å². The monoisotopic (exact) mass is 314 g/mol. The molecule has 2 aliphatic heterocycles. The predicted molar refractivity (Wildman–Crippen MR) is 81.9 cm³/mol. The van der Waals surface area contributed by atoms with E-state index < -0.39 is 10.2 Å². The molecule has 1 aromatic heterocycles. The van der Waals surface area contributed by atoms with E-state index in [1.165, 1.54) is 10.4 Å². The van der Waals surface area contributed by atoms with Gasteiger partial charge in [0.05, 0.1) is 0 Å². The maximum absolute atomic E-state index is 12.8. The van der Waals surface area contributed by atoms with Gasteiger partial charge in [-0.3, -0.25) is 0 Å². The van der Waals surface area contributed by atoms with Gasteiger partial charge in [-0.15, -0.1) is 11.3 Å². The molecule has 1 saturated heterocycles. The van der Waals surface area contributed by atoms with Gasteiger partial charge in [-0.25, -0.2) is 0 Å². The third kappa shape index (κ3) is 2.66. The average Bonchev–Trinajstić information content (AvgIpc) is 2.84. The van der Waals surface area contributed by atoms with Crippen LogP contribution in [0.5, 0.6) is 0 Å². The van der Waals surface area contributed by atoms with Crippen LogP contribution in [0.15, 0.2) is 11.4 Å². The van der Waals surface area contributed by atoms with Gasteiger partial charge < -0.3 is 0 Å². The summed E-state index contributed by atoms with van der Waals surface area (Å²) in [5.41, 5.74) is 1.18. The fourth-order valence-electron chi connectivity index (χ4n) is 3.38. The number of thiophene rings is 1. The van der Waals surface area contributed by atoms with Crippen molar-refractivity contribution in [2.75, 3.05) is 19.6 Å². The summed E-state index contributed by atoms with van der Waals surface area (Å²) in [7, 11) is -3.30. The van der Waals surface area contributed by atoms with E-state index in [1.54, 1.807) is 19.9 Å². The summed E-state index contributed by atoms with van der Waals surface area (Å²) in [5.74, 6) is 0.907. The summed E-state index contributed by atoms with van der Waals surface area (Å²) in [6, 6.07) is 2.06. The molecule has 0 radical (unpaired) electrons. The van der Waals surface area contributed by atoms with Crippen molar-refractivity contribution in [1.82, 2.24) is 8.61 Å². The van der Waals surface area contributed by atoms with Gasteiger partial charge in [0.25, 0.3) is 10.2 Å². The molecule has 0 aromatic carbocycles. The molecular formula is C14H22N2O2S2. The molecule has 6 heteroatoms. The highest BCUT2D eigenvalue weighted by Gasteiger charge is 2.36. The molecule has 2 unspecified atom stereocenters. The highest BCUT2D eigenvalue weighted by atomic mass is 32.2. The zero-order valence-electron chi connectivity index (χ0n) is 12.1. The van der Waals surface area contributed by atoms with Crippen LogP contribution in [-0.4, -0.2) is 36.7 Å². The minimum atomic E-state index is -3.30. The van der Waals surface area contributed by atoms with Crippen LogP contribution in [0.1, 0.15) is 30.7 Å². The molecule has 3 heterocycles. The highest BCUT2D eigenvalue weighted by molar-refractivity contribution is 7.86.